The third-order valence-corrected chi connectivity index (χ3v) is 9.92. The molecule has 2 aromatic heterocycles. The lowest BCUT2D eigenvalue weighted by atomic mass is 9.87. The van der Waals surface area contributed by atoms with Gasteiger partial charge in [0, 0.05) is 4.47 Å². The maximum atomic E-state index is 13.7. The lowest BCUT2D eigenvalue weighted by Gasteiger charge is -2.29. The van der Waals surface area contributed by atoms with E-state index in [9.17, 15) is 32.3 Å². The molecule has 1 N–H and O–H groups in total. The number of benzene rings is 2. The van der Waals surface area contributed by atoms with Crippen LogP contribution in [0.25, 0.3) is 0 Å². The number of hydrogen-bond acceptors (Lipinski definition) is 7. The Bertz CT molecular complexity index is 1730. The highest BCUT2D eigenvalue weighted by molar-refractivity contribution is 9.10. The summed E-state index contributed by atoms with van der Waals surface area (Å²) in [6.07, 6.45) is -3.27. The summed E-state index contributed by atoms with van der Waals surface area (Å²) in [7, 11) is 0. The van der Waals surface area contributed by atoms with Crippen molar-refractivity contribution < 1.29 is 32.0 Å². The molecule has 2 aliphatic heterocycles. The SMILES string of the molecule is O=C(Cn1c2c(sc1=O)[C@@H](c1ccco1)[C@@H]1C(=O)N(c3ccc(Br)cc3)C(=O)[C@@H]1S2)Nc1ccccc1C(F)(F)F. The Hall–Kier alpha value is -3.62. The van der Waals surface area contributed by atoms with Crippen LogP contribution in [-0.2, 0) is 27.1 Å². The van der Waals surface area contributed by atoms with Crippen LogP contribution in [0.1, 0.15) is 22.1 Å². The molecule has 1 saturated heterocycles. The van der Waals surface area contributed by atoms with Crippen LogP contribution < -0.4 is 15.1 Å². The molecule has 0 radical (unpaired) electrons. The molecule has 0 bridgehead atoms. The molecule has 3 amide bonds. The molecule has 8 nitrogen and oxygen atoms in total. The van der Waals surface area contributed by atoms with E-state index >= 15 is 0 Å². The van der Waals surface area contributed by atoms with Gasteiger partial charge in [0.1, 0.15) is 17.6 Å². The Morgan fingerprint density at radius 3 is 2.41 bits per heavy atom. The number of anilines is 2. The zero-order valence-electron chi connectivity index (χ0n) is 20.6. The largest absolute Gasteiger partial charge is 0.469 e. The minimum atomic E-state index is -4.69. The van der Waals surface area contributed by atoms with Gasteiger partial charge in [0.2, 0.25) is 17.7 Å². The van der Waals surface area contributed by atoms with Gasteiger partial charge in [0.15, 0.2) is 0 Å². The number of hydrogen-bond donors (Lipinski definition) is 1. The van der Waals surface area contributed by atoms with Crippen molar-refractivity contribution in [3.63, 3.8) is 0 Å². The molecule has 1 fully saturated rings. The van der Waals surface area contributed by atoms with E-state index in [0.717, 1.165) is 49.2 Å². The lowest BCUT2D eigenvalue weighted by Crippen LogP contribution is -2.32. The van der Waals surface area contributed by atoms with Crippen LogP contribution in [0.15, 0.2) is 85.6 Å². The van der Waals surface area contributed by atoms with Crippen LogP contribution in [0.3, 0.4) is 0 Å². The summed E-state index contributed by atoms with van der Waals surface area (Å²) in [4.78, 5) is 54.4. The minimum absolute atomic E-state index is 0.292. The highest BCUT2D eigenvalue weighted by Crippen LogP contribution is 2.54. The first-order valence-corrected chi connectivity index (χ1v) is 14.6. The summed E-state index contributed by atoms with van der Waals surface area (Å²) in [5, 5.41) is 1.61. The number of imide groups is 1. The standard InChI is InChI=1S/C27H17BrF3N3O5S2/c28-13-7-9-14(10-8-13)34-23(36)20-19(17-6-3-11-39-17)22-25(40-21(20)24(34)37)33(26(38)41-22)12-18(35)32-16-5-2-1-4-15(16)27(29,30)31/h1-11,19-21H,12H2,(H,32,35)/t19-,20-,21+/m0/s1. The molecule has 0 saturated carbocycles. The molecule has 3 atom stereocenters. The number of thiazole rings is 1. The van der Waals surface area contributed by atoms with Gasteiger partial charge < -0.3 is 9.73 Å². The van der Waals surface area contributed by atoms with Crippen molar-refractivity contribution in [2.24, 2.45) is 5.92 Å². The molecule has 2 aromatic carbocycles. The van der Waals surface area contributed by atoms with Gasteiger partial charge in [-0.25, -0.2) is 4.90 Å². The fraction of sp³-hybridized carbons (Fsp3) is 0.185. The Morgan fingerprint density at radius 2 is 1.73 bits per heavy atom. The summed E-state index contributed by atoms with van der Waals surface area (Å²) in [5.74, 6) is -3.08. The van der Waals surface area contributed by atoms with Gasteiger partial charge in [-0.05, 0) is 48.5 Å². The predicted molar refractivity (Wildman–Crippen MR) is 149 cm³/mol. The number of carbonyl (C=O) groups is 3. The Labute approximate surface area is 246 Å². The number of alkyl halides is 3. The van der Waals surface area contributed by atoms with Gasteiger partial charge in [-0.15, -0.1) is 0 Å². The lowest BCUT2D eigenvalue weighted by molar-refractivity contribution is -0.137. The van der Waals surface area contributed by atoms with Crippen molar-refractivity contribution in [2.75, 3.05) is 10.2 Å². The third-order valence-electron chi connectivity index (χ3n) is 6.79. The minimum Gasteiger partial charge on any atom is -0.469 e. The zero-order valence-corrected chi connectivity index (χ0v) is 23.8. The highest BCUT2D eigenvalue weighted by atomic mass is 79.9. The van der Waals surface area contributed by atoms with Crippen molar-refractivity contribution in [2.45, 2.75) is 28.9 Å². The fourth-order valence-corrected chi connectivity index (χ4v) is 8.07. The number of nitrogens with zero attached hydrogens (tertiary/aromatic N) is 2. The molecule has 2 aliphatic rings. The number of fused-ring (bicyclic) bond motifs is 2. The van der Waals surface area contributed by atoms with Crippen LogP contribution in [-0.4, -0.2) is 27.5 Å². The summed E-state index contributed by atoms with van der Waals surface area (Å²) < 4.78 is 47.8. The molecule has 14 heteroatoms. The summed E-state index contributed by atoms with van der Waals surface area (Å²) in [6, 6.07) is 14.5. The Balaban J connectivity index is 1.37. The van der Waals surface area contributed by atoms with E-state index in [1.54, 1.807) is 36.4 Å². The van der Waals surface area contributed by atoms with Crippen molar-refractivity contribution in [1.29, 1.82) is 0 Å². The van der Waals surface area contributed by atoms with E-state index in [0.29, 0.717) is 21.4 Å². The van der Waals surface area contributed by atoms with E-state index in [1.807, 2.05) is 0 Å². The first kappa shape index (κ1) is 27.5. The first-order chi connectivity index (χ1) is 19.5. The normalized spacial score (nSPS) is 20.2. The Kier molecular flexibility index (Phi) is 6.94. The van der Waals surface area contributed by atoms with Gasteiger partial charge >= 0.3 is 11.0 Å². The summed E-state index contributed by atoms with van der Waals surface area (Å²) in [6.45, 7) is -0.593. The maximum Gasteiger partial charge on any atom is 0.418 e. The van der Waals surface area contributed by atoms with Gasteiger partial charge in [0.25, 0.3) is 0 Å². The number of aromatic nitrogens is 1. The van der Waals surface area contributed by atoms with Crippen LogP contribution >= 0.6 is 39.0 Å². The van der Waals surface area contributed by atoms with Crippen LogP contribution in [0, 0.1) is 5.92 Å². The number of thioether (sulfide) groups is 1. The number of furan rings is 1. The van der Waals surface area contributed by atoms with E-state index in [1.165, 1.54) is 18.4 Å². The predicted octanol–water partition coefficient (Wildman–Crippen LogP) is 5.72. The molecule has 4 heterocycles. The molecule has 0 aliphatic carbocycles. The average molecular weight is 664 g/mol. The number of amides is 3. The van der Waals surface area contributed by atoms with Gasteiger partial charge in [-0.1, -0.05) is 51.2 Å². The molecule has 210 valence electrons. The quantitative estimate of drug-likeness (QED) is 0.274. The van der Waals surface area contributed by atoms with Crippen molar-refractivity contribution in [3.8, 4) is 0 Å². The number of para-hydroxylation sites is 1. The summed E-state index contributed by atoms with van der Waals surface area (Å²) >= 11 is 5.14. The monoisotopic (exact) mass is 663 g/mol. The van der Waals surface area contributed by atoms with Crippen LogP contribution in [0.2, 0.25) is 0 Å². The second-order valence-corrected chi connectivity index (χ2v) is 12.3. The molecule has 4 aromatic rings. The highest BCUT2D eigenvalue weighted by Gasteiger charge is 2.57. The van der Waals surface area contributed by atoms with E-state index in [-0.39, 0.29) is 0 Å². The number of halogens is 4. The molecule has 0 spiro atoms. The fourth-order valence-electron chi connectivity index (χ4n) is 5.05. The molecular formula is C27H17BrF3N3O5S2. The molecule has 0 unspecified atom stereocenters. The van der Waals surface area contributed by atoms with Crippen molar-refractivity contribution in [3.05, 3.63) is 97.3 Å². The van der Waals surface area contributed by atoms with Crippen LogP contribution in [0.5, 0.6) is 0 Å². The Morgan fingerprint density at radius 1 is 1.00 bits per heavy atom. The maximum absolute atomic E-state index is 13.7. The van der Waals surface area contributed by atoms with Crippen molar-refractivity contribution in [1.82, 2.24) is 4.57 Å². The second kappa shape index (κ2) is 10.3. The van der Waals surface area contributed by atoms with E-state index in [4.69, 9.17) is 4.42 Å². The number of nitrogens with one attached hydrogen (secondary N) is 1. The molecule has 41 heavy (non-hydrogen) atoms. The number of carbonyl (C=O) groups excluding carboxylic acids is 3. The molecular weight excluding hydrogens is 647 g/mol. The number of rotatable bonds is 5. The molecule has 6 rings (SSSR count). The second-order valence-electron chi connectivity index (χ2n) is 9.26. The zero-order chi connectivity index (χ0) is 29.1. The van der Waals surface area contributed by atoms with E-state index in [2.05, 4.69) is 21.2 Å². The van der Waals surface area contributed by atoms with Crippen molar-refractivity contribution >= 4 is 68.1 Å². The average Bonchev–Trinajstić information content (AvgIpc) is 3.62. The van der Waals surface area contributed by atoms with Gasteiger partial charge in [-0.3, -0.25) is 23.7 Å². The van der Waals surface area contributed by atoms with E-state index < -0.39 is 63.7 Å². The van der Waals surface area contributed by atoms with Crippen LogP contribution in [0.4, 0.5) is 24.5 Å². The van der Waals surface area contributed by atoms with Gasteiger partial charge in [0.05, 0.1) is 44.9 Å². The first-order valence-electron chi connectivity index (χ1n) is 12.1. The van der Waals surface area contributed by atoms with Gasteiger partial charge in [-0.2, -0.15) is 13.2 Å². The topological polar surface area (TPSA) is 102 Å². The third kappa shape index (κ3) is 4.83. The summed E-state index contributed by atoms with van der Waals surface area (Å²) in [5.41, 5.74) is -1.07. The smallest absolute Gasteiger partial charge is 0.418 e.